The highest BCUT2D eigenvalue weighted by Gasteiger charge is 2.48. The summed E-state index contributed by atoms with van der Waals surface area (Å²) in [5, 5.41) is 21.7. The Labute approximate surface area is 166 Å². The van der Waals surface area contributed by atoms with E-state index in [0.717, 1.165) is 5.56 Å². The van der Waals surface area contributed by atoms with Gasteiger partial charge >= 0.3 is 6.18 Å². The topological polar surface area (TPSA) is 64.0 Å². The molecule has 0 unspecified atom stereocenters. The Bertz CT molecular complexity index is 693. The number of nitrogens with zero attached hydrogens (tertiary/aromatic N) is 2. The van der Waals surface area contributed by atoms with Crippen LogP contribution in [0.25, 0.3) is 0 Å². The first-order valence-electron chi connectivity index (χ1n) is 9.28. The molecular weight excluding hydrogens is 397 g/mol. The molecule has 2 aliphatic heterocycles. The Balaban J connectivity index is 1.55. The molecule has 1 aromatic rings. The van der Waals surface area contributed by atoms with Crippen molar-refractivity contribution in [3.8, 4) is 0 Å². The van der Waals surface area contributed by atoms with Crippen molar-refractivity contribution >= 4 is 17.5 Å². The van der Waals surface area contributed by atoms with Gasteiger partial charge in [-0.3, -0.25) is 4.79 Å². The molecule has 2 saturated heterocycles. The van der Waals surface area contributed by atoms with Gasteiger partial charge in [0.15, 0.2) is 0 Å². The number of hydrogen-bond acceptors (Lipinski definition) is 4. The number of amides is 1. The van der Waals surface area contributed by atoms with Gasteiger partial charge in [0.1, 0.15) is 11.7 Å². The molecule has 0 bridgehead atoms. The molecule has 0 spiro atoms. The lowest BCUT2D eigenvalue weighted by Gasteiger charge is -2.37. The molecule has 156 valence electrons. The van der Waals surface area contributed by atoms with E-state index in [4.69, 9.17) is 11.6 Å². The van der Waals surface area contributed by atoms with Gasteiger partial charge in [-0.05, 0) is 43.6 Å². The SMILES string of the molecule is O=C(Cc1ccc(Cl)cc1)N1C[C@@H](O)[C@](O)(CN2CCC(C(F)(F)F)CC2)C1. The number of piperidine rings is 1. The lowest BCUT2D eigenvalue weighted by atomic mass is 9.93. The number of carbonyl (C=O) groups excluding carboxylic acids is 1. The van der Waals surface area contributed by atoms with E-state index in [9.17, 15) is 28.2 Å². The predicted octanol–water partition coefficient (Wildman–Crippen LogP) is 2.09. The smallest absolute Gasteiger partial charge is 0.388 e. The summed E-state index contributed by atoms with van der Waals surface area (Å²) in [5.74, 6) is -1.54. The van der Waals surface area contributed by atoms with Crippen molar-refractivity contribution < 1.29 is 28.2 Å². The summed E-state index contributed by atoms with van der Waals surface area (Å²) in [7, 11) is 0. The molecule has 1 aromatic carbocycles. The third kappa shape index (κ3) is 4.97. The molecule has 5 nitrogen and oxygen atoms in total. The molecule has 2 N–H and O–H groups in total. The van der Waals surface area contributed by atoms with Crippen molar-refractivity contribution in [3.63, 3.8) is 0 Å². The molecule has 0 radical (unpaired) electrons. The molecule has 2 fully saturated rings. The Morgan fingerprint density at radius 2 is 1.82 bits per heavy atom. The van der Waals surface area contributed by atoms with Crippen LogP contribution in [-0.2, 0) is 11.2 Å². The maximum atomic E-state index is 12.8. The van der Waals surface area contributed by atoms with Gasteiger partial charge in [0, 0.05) is 18.1 Å². The molecule has 3 rings (SSSR count). The number of hydrogen-bond donors (Lipinski definition) is 2. The zero-order chi connectivity index (χ0) is 20.5. The summed E-state index contributed by atoms with van der Waals surface area (Å²) in [6, 6.07) is 6.85. The number of alkyl halides is 3. The molecule has 9 heteroatoms. The number of aliphatic hydroxyl groups excluding tert-OH is 1. The van der Waals surface area contributed by atoms with Crippen LogP contribution in [0.3, 0.4) is 0 Å². The van der Waals surface area contributed by atoms with E-state index in [1.54, 1.807) is 29.2 Å². The lowest BCUT2D eigenvalue weighted by molar-refractivity contribution is -0.186. The molecule has 2 heterocycles. The second-order valence-electron chi connectivity index (χ2n) is 7.79. The number of β-amino-alcohol motifs (C(OH)–C–C–N with tert-alkyl or cyclic N) is 2. The monoisotopic (exact) mass is 420 g/mol. The first-order chi connectivity index (χ1) is 13.1. The third-order valence-corrected chi connectivity index (χ3v) is 5.90. The van der Waals surface area contributed by atoms with E-state index < -0.39 is 23.8 Å². The second-order valence-corrected chi connectivity index (χ2v) is 8.23. The summed E-state index contributed by atoms with van der Waals surface area (Å²) < 4.78 is 38.4. The second kappa shape index (κ2) is 8.18. The van der Waals surface area contributed by atoms with Crippen molar-refractivity contribution in [2.24, 2.45) is 5.92 Å². The van der Waals surface area contributed by atoms with Gasteiger partial charge in [0.05, 0.1) is 18.9 Å². The first kappa shape index (κ1) is 21.4. The average molecular weight is 421 g/mol. The van der Waals surface area contributed by atoms with Crippen molar-refractivity contribution in [2.75, 3.05) is 32.7 Å². The van der Waals surface area contributed by atoms with E-state index in [0.29, 0.717) is 5.02 Å². The number of rotatable bonds is 4. The molecule has 0 aliphatic carbocycles. The molecule has 1 amide bonds. The Morgan fingerprint density at radius 3 is 2.39 bits per heavy atom. The lowest BCUT2D eigenvalue weighted by Crippen LogP contribution is -2.53. The summed E-state index contributed by atoms with van der Waals surface area (Å²) in [5.41, 5.74) is -0.769. The molecule has 0 saturated carbocycles. The van der Waals surface area contributed by atoms with Crippen molar-refractivity contribution in [1.29, 1.82) is 0 Å². The van der Waals surface area contributed by atoms with Crippen molar-refractivity contribution in [1.82, 2.24) is 9.80 Å². The highest BCUT2D eigenvalue weighted by atomic mass is 35.5. The van der Waals surface area contributed by atoms with Gasteiger partial charge in [-0.1, -0.05) is 23.7 Å². The van der Waals surface area contributed by atoms with Crippen LogP contribution in [0, 0.1) is 5.92 Å². The van der Waals surface area contributed by atoms with Crippen LogP contribution in [0.1, 0.15) is 18.4 Å². The van der Waals surface area contributed by atoms with Gasteiger partial charge in [-0.25, -0.2) is 0 Å². The van der Waals surface area contributed by atoms with E-state index in [2.05, 4.69) is 0 Å². The van der Waals surface area contributed by atoms with E-state index in [1.165, 1.54) is 4.90 Å². The Morgan fingerprint density at radius 1 is 1.21 bits per heavy atom. The van der Waals surface area contributed by atoms with Gasteiger partial charge in [-0.15, -0.1) is 0 Å². The average Bonchev–Trinajstić information content (AvgIpc) is 2.91. The number of halogens is 4. The van der Waals surface area contributed by atoms with Gasteiger partial charge in [0.25, 0.3) is 0 Å². The molecular formula is C19H24ClF3N2O3. The first-order valence-corrected chi connectivity index (χ1v) is 9.66. The molecule has 0 aromatic heterocycles. The van der Waals surface area contributed by atoms with Gasteiger partial charge in [-0.2, -0.15) is 13.2 Å². The van der Waals surface area contributed by atoms with Crippen molar-refractivity contribution in [2.45, 2.75) is 37.1 Å². The fourth-order valence-electron chi connectivity index (χ4n) is 3.92. The number of benzene rings is 1. The summed E-state index contributed by atoms with van der Waals surface area (Å²) in [6.45, 7) is 0.418. The van der Waals surface area contributed by atoms with Gasteiger partial charge in [0.2, 0.25) is 5.91 Å². The van der Waals surface area contributed by atoms with Crippen LogP contribution >= 0.6 is 11.6 Å². The molecule has 28 heavy (non-hydrogen) atoms. The maximum Gasteiger partial charge on any atom is 0.391 e. The van der Waals surface area contributed by atoms with Crippen LogP contribution in [0.5, 0.6) is 0 Å². The highest BCUT2D eigenvalue weighted by molar-refractivity contribution is 6.30. The van der Waals surface area contributed by atoms with Crippen LogP contribution in [0.15, 0.2) is 24.3 Å². The zero-order valence-corrected chi connectivity index (χ0v) is 16.1. The van der Waals surface area contributed by atoms with E-state index in [-0.39, 0.29) is 57.9 Å². The fraction of sp³-hybridized carbons (Fsp3) is 0.632. The van der Waals surface area contributed by atoms with Crippen LogP contribution < -0.4 is 0 Å². The Kier molecular flexibility index (Phi) is 6.24. The quantitative estimate of drug-likeness (QED) is 0.783. The number of likely N-dealkylation sites (tertiary alicyclic amines) is 2. The molecule has 2 aliphatic rings. The largest absolute Gasteiger partial charge is 0.391 e. The summed E-state index contributed by atoms with van der Waals surface area (Å²) >= 11 is 5.83. The fourth-order valence-corrected chi connectivity index (χ4v) is 4.04. The van der Waals surface area contributed by atoms with Crippen LogP contribution in [-0.4, -0.2) is 76.5 Å². The molecule has 2 atom stereocenters. The van der Waals surface area contributed by atoms with Crippen LogP contribution in [0.4, 0.5) is 13.2 Å². The van der Waals surface area contributed by atoms with Crippen LogP contribution in [0.2, 0.25) is 5.02 Å². The minimum absolute atomic E-state index is 0.00192. The van der Waals surface area contributed by atoms with Gasteiger partial charge < -0.3 is 20.0 Å². The summed E-state index contributed by atoms with van der Waals surface area (Å²) in [4.78, 5) is 15.6. The third-order valence-electron chi connectivity index (χ3n) is 5.65. The van der Waals surface area contributed by atoms with E-state index in [1.807, 2.05) is 0 Å². The normalized spacial score (nSPS) is 27.4. The predicted molar refractivity (Wildman–Crippen MR) is 97.9 cm³/mol. The maximum absolute atomic E-state index is 12.8. The zero-order valence-electron chi connectivity index (χ0n) is 15.3. The summed E-state index contributed by atoms with van der Waals surface area (Å²) in [6.07, 6.45) is -5.25. The Hall–Kier alpha value is -1.35. The van der Waals surface area contributed by atoms with E-state index >= 15 is 0 Å². The van der Waals surface area contributed by atoms with Crippen molar-refractivity contribution in [3.05, 3.63) is 34.9 Å². The minimum atomic E-state index is -4.19. The standard InChI is InChI=1S/C19H24ClF3N2O3/c20-15-3-1-13(2-4-15)9-17(27)25-10-16(26)18(28,12-25)11-24-7-5-14(6-8-24)19(21,22)23/h1-4,14,16,26,28H,5-12H2/t16-,18+/m1/s1. The highest BCUT2D eigenvalue weighted by Crippen LogP contribution is 2.35. The minimum Gasteiger partial charge on any atom is -0.388 e. The number of carbonyl (C=O) groups is 1. The number of aliphatic hydroxyl groups is 2.